The van der Waals surface area contributed by atoms with E-state index in [1.807, 2.05) is 12.3 Å². The second-order valence-corrected chi connectivity index (χ2v) is 5.99. The number of nitrogens with one attached hydrogen (secondary N) is 1. The number of hydrogen-bond acceptors (Lipinski definition) is 5. The molecule has 0 aliphatic rings. The summed E-state index contributed by atoms with van der Waals surface area (Å²) in [7, 11) is 0. The molecule has 7 heteroatoms. The molecule has 0 atom stereocenters. The number of rotatable bonds is 6. The van der Waals surface area contributed by atoms with Gasteiger partial charge in [0.15, 0.2) is 4.96 Å². The lowest BCUT2D eigenvalue weighted by atomic mass is 10.4. The molecule has 2 aromatic rings. The first-order valence-corrected chi connectivity index (χ1v) is 8.07. The van der Waals surface area contributed by atoms with Crippen molar-refractivity contribution in [2.24, 2.45) is 0 Å². The number of amides is 1. The Kier molecular flexibility index (Phi) is 4.97. The summed E-state index contributed by atoms with van der Waals surface area (Å²) in [4.78, 5) is 28.5. The summed E-state index contributed by atoms with van der Waals surface area (Å²) in [5.74, 6) is 0.849. The number of fused-ring (bicyclic) bond motifs is 1. The Balaban J connectivity index is 1.99. The van der Waals surface area contributed by atoms with Crippen LogP contribution in [-0.2, 0) is 10.5 Å². The molecule has 0 saturated heterocycles. The summed E-state index contributed by atoms with van der Waals surface area (Å²) >= 11 is 2.88. The van der Waals surface area contributed by atoms with Crippen molar-refractivity contribution >= 4 is 34.0 Å². The molecule has 2 rings (SSSR count). The van der Waals surface area contributed by atoms with Crippen molar-refractivity contribution in [3.63, 3.8) is 0 Å². The van der Waals surface area contributed by atoms with Crippen LogP contribution in [0.2, 0.25) is 0 Å². The minimum atomic E-state index is -0.0690. The fourth-order valence-corrected chi connectivity index (χ4v) is 3.30. The van der Waals surface area contributed by atoms with Gasteiger partial charge in [-0.15, -0.1) is 29.7 Å². The van der Waals surface area contributed by atoms with E-state index >= 15 is 0 Å². The average Bonchev–Trinajstić information content (AvgIpc) is 2.78. The van der Waals surface area contributed by atoms with Gasteiger partial charge in [0.1, 0.15) is 0 Å². The lowest BCUT2D eigenvalue weighted by Crippen LogP contribution is -2.25. The van der Waals surface area contributed by atoms with Crippen molar-refractivity contribution in [1.29, 1.82) is 0 Å². The molecule has 0 aromatic carbocycles. The molecule has 0 fully saturated rings. The van der Waals surface area contributed by atoms with Gasteiger partial charge in [-0.1, -0.05) is 6.08 Å². The van der Waals surface area contributed by atoms with E-state index < -0.39 is 0 Å². The van der Waals surface area contributed by atoms with E-state index in [0.29, 0.717) is 28.7 Å². The van der Waals surface area contributed by atoms with Gasteiger partial charge in [-0.3, -0.25) is 14.0 Å². The highest BCUT2D eigenvalue weighted by Crippen LogP contribution is 2.14. The number of thioether (sulfide) groups is 1. The van der Waals surface area contributed by atoms with Crippen molar-refractivity contribution in [3.8, 4) is 0 Å². The number of carbonyl (C=O) groups excluding carboxylic acids is 1. The van der Waals surface area contributed by atoms with Crippen LogP contribution in [0, 0.1) is 6.92 Å². The van der Waals surface area contributed by atoms with E-state index in [9.17, 15) is 9.59 Å². The molecular formula is C13H15N3O2S2. The number of hydrogen-bond donors (Lipinski definition) is 1. The normalized spacial score (nSPS) is 10.7. The molecule has 0 radical (unpaired) electrons. The zero-order valence-electron chi connectivity index (χ0n) is 11.1. The Morgan fingerprint density at radius 3 is 3.20 bits per heavy atom. The maximum atomic E-state index is 11.9. The summed E-state index contributed by atoms with van der Waals surface area (Å²) in [5.41, 5.74) is 1.53. The zero-order valence-corrected chi connectivity index (χ0v) is 12.7. The number of aryl methyl sites for hydroxylation is 1. The van der Waals surface area contributed by atoms with Crippen molar-refractivity contribution in [2.45, 2.75) is 12.7 Å². The molecule has 0 saturated carbocycles. The van der Waals surface area contributed by atoms with E-state index in [1.54, 1.807) is 10.5 Å². The molecule has 1 N–H and O–H groups in total. The largest absolute Gasteiger partial charge is 0.352 e. The molecule has 106 valence electrons. The van der Waals surface area contributed by atoms with Gasteiger partial charge in [0.05, 0.1) is 11.4 Å². The van der Waals surface area contributed by atoms with Crippen LogP contribution in [0.3, 0.4) is 0 Å². The predicted octanol–water partition coefficient (Wildman–Crippen LogP) is 1.60. The van der Waals surface area contributed by atoms with Gasteiger partial charge < -0.3 is 5.32 Å². The molecule has 2 aromatic heterocycles. The van der Waals surface area contributed by atoms with Gasteiger partial charge in [-0.2, -0.15) is 0 Å². The van der Waals surface area contributed by atoms with Crippen LogP contribution in [0.1, 0.15) is 11.4 Å². The third-order valence-electron chi connectivity index (χ3n) is 2.56. The van der Waals surface area contributed by atoms with Gasteiger partial charge in [-0.05, 0) is 6.92 Å². The summed E-state index contributed by atoms with van der Waals surface area (Å²) in [6.07, 6.45) is 1.64. The Labute approximate surface area is 124 Å². The molecule has 5 nitrogen and oxygen atoms in total. The second-order valence-electron chi connectivity index (χ2n) is 4.17. The van der Waals surface area contributed by atoms with E-state index in [4.69, 9.17) is 0 Å². The van der Waals surface area contributed by atoms with Crippen LogP contribution in [0.15, 0.2) is 28.9 Å². The molecule has 20 heavy (non-hydrogen) atoms. The SMILES string of the molecule is C=CCNC(=O)CSCc1cc(=O)n2c(C)csc2n1. The Hall–Kier alpha value is -1.60. The zero-order chi connectivity index (χ0) is 14.5. The number of carbonyl (C=O) groups is 1. The number of aromatic nitrogens is 2. The molecule has 1 amide bonds. The smallest absolute Gasteiger partial charge is 0.258 e. The first-order chi connectivity index (χ1) is 9.61. The number of thiazole rings is 1. The third kappa shape index (κ3) is 3.49. The average molecular weight is 309 g/mol. The number of nitrogens with zero attached hydrogens (tertiary/aromatic N) is 2. The topological polar surface area (TPSA) is 63.5 Å². The lowest BCUT2D eigenvalue weighted by molar-refractivity contribution is -0.118. The summed E-state index contributed by atoms with van der Waals surface area (Å²) < 4.78 is 1.59. The maximum Gasteiger partial charge on any atom is 0.258 e. The Morgan fingerprint density at radius 2 is 2.45 bits per heavy atom. The highest BCUT2D eigenvalue weighted by molar-refractivity contribution is 7.99. The summed E-state index contributed by atoms with van der Waals surface area (Å²) in [5, 5.41) is 4.61. The minimum Gasteiger partial charge on any atom is -0.352 e. The second kappa shape index (κ2) is 6.71. The van der Waals surface area contributed by atoms with Crippen molar-refractivity contribution in [3.05, 3.63) is 45.8 Å². The molecule has 0 spiro atoms. The third-order valence-corrected chi connectivity index (χ3v) is 4.47. The molecule has 0 aliphatic heterocycles. The molecule has 2 heterocycles. The minimum absolute atomic E-state index is 0.0420. The fourth-order valence-electron chi connectivity index (χ4n) is 1.66. The molecular weight excluding hydrogens is 294 g/mol. The maximum absolute atomic E-state index is 11.9. The van der Waals surface area contributed by atoms with Crippen LogP contribution >= 0.6 is 23.1 Å². The fraction of sp³-hybridized carbons (Fsp3) is 0.308. The van der Waals surface area contributed by atoms with Gasteiger partial charge >= 0.3 is 0 Å². The Bertz CT molecular complexity index is 690. The van der Waals surface area contributed by atoms with Gasteiger partial charge in [-0.25, -0.2) is 4.98 Å². The van der Waals surface area contributed by atoms with Gasteiger partial charge in [0, 0.05) is 29.4 Å². The van der Waals surface area contributed by atoms with Crippen molar-refractivity contribution < 1.29 is 4.79 Å². The van der Waals surface area contributed by atoms with Gasteiger partial charge in [0.25, 0.3) is 5.56 Å². The summed E-state index contributed by atoms with van der Waals surface area (Å²) in [6.45, 7) is 5.89. The molecule has 0 aliphatic carbocycles. The monoisotopic (exact) mass is 309 g/mol. The van der Waals surface area contributed by atoms with Crippen molar-refractivity contribution in [2.75, 3.05) is 12.3 Å². The van der Waals surface area contributed by atoms with Crippen LogP contribution in [0.25, 0.3) is 4.96 Å². The van der Waals surface area contributed by atoms with Crippen LogP contribution in [-0.4, -0.2) is 27.6 Å². The van der Waals surface area contributed by atoms with E-state index in [0.717, 1.165) is 5.69 Å². The highest BCUT2D eigenvalue weighted by Gasteiger charge is 2.07. The van der Waals surface area contributed by atoms with E-state index in [-0.39, 0.29) is 11.5 Å². The van der Waals surface area contributed by atoms with Crippen molar-refractivity contribution in [1.82, 2.24) is 14.7 Å². The summed E-state index contributed by atoms with van der Waals surface area (Å²) in [6, 6.07) is 1.53. The first kappa shape index (κ1) is 14.8. The van der Waals surface area contributed by atoms with Crippen LogP contribution < -0.4 is 10.9 Å². The van der Waals surface area contributed by atoms with Crippen LogP contribution in [0.5, 0.6) is 0 Å². The lowest BCUT2D eigenvalue weighted by Gasteiger charge is -2.03. The van der Waals surface area contributed by atoms with Crippen LogP contribution in [0.4, 0.5) is 0 Å². The predicted molar refractivity (Wildman–Crippen MR) is 83.4 cm³/mol. The van der Waals surface area contributed by atoms with E-state index in [1.165, 1.54) is 29.2 Å². The first-order valence-electron chi connectivity index (χ1n) is 6.04. The molecule has 0 bridgehead atoms. The standard InChI is InChI=1S/C13H15N3O2S2/c1-3-4-14-11(17)8-19-7-10-5-12(18)16-9(2)6-20-13(16)15-10/h3,5-6H,1,4,7-8H2,2H3,(H,14,17). The van der Waals surface area contributed by atoms with Gasteiger partial charge in [0.2, 0.25) is 5.91 Å². The highest BCUT2D eigenvalue weighted by atomic mass is 32.2. The van der Waals surface area contributed by atoms with E-state index in [2.05, 4.69) is 16.9 Å². The quantitative estimate of drug-likeness (QED) is 0.823. The molecule has 0 unspecified atom stereocenters. The Morgan fingerprint density at radius 1 is 1.65 bits per heavy atom.